The summed E-state index contributed by atoms with van der Waals surface area (Å²) in [6, 6.07) is 6.74. The predicted molar refractivity (Wildman–Crippen MR) is 86.0 cm³/mol. The summed E-state index contributed by atoms with van der Waals surface area (Å²) in [4.78, 5) is 27.5. The molecule has 8 heteroatoms. The minimum absolute atomic E-state index is 0.0881. The Labute approximate surface area is 136 Å². The molecule has 8 nitrogen and oxygen atoms in total. The molecule has 1 aliphatic rings. The van der Waals surface area contributed by atoms with Gasteiger partial charge in [-0.15, -0.1) is 0 Å². The molecule has 3 aromatic heterocycles. The lowest BCUT2D eigenvalue weighted by Gasteiger charge is -2.24. The van der Waals surface area contributed by atoms with Crippen LogP contribution in [-0.4, -0.2) is 30.9 Å². The van der Waals surface area contributed by atoms with Gasteiger partial charge in [0.25, 0.3) is 5.56 Å². The van der Waals surface area contributed by atoms with Gasteiger partial charge in [-0.1, -0.05) is 0 Å². The van der Waals surface area contributed by atoms with Gasteiger partial charge in [-0.25, -0.2) is 5.10 Å². The van der Waals surface area contributed by atoms with Gasteiger partial charge in [-0.2, -0.15) is 14.9 Å². The van der Waals surface area contributed by atoms with Crippen molar-refractivity contribution in [3.63, 3.8) is 0 Å². The molecule has 0 saturated heterocycles. The van der Waals surface area contributed by atoms with Crippen LogP contribution in [0, 0.1) is 6.92 Å². The second kappa shape index (κ2) is 5.41. The van der Waals surface area contributed by atoms with E-state index in [0.717, 1.165) is 16.8 Å². The Kier molecular flexibility index (Phi) is 3.23. The van der Waals surface area contributed by atoms with Gasteiger partial charge in [0.2, 0.25) is 5.91 Å². The molecule has 0 radical (unpaired) electrons. The van der Waals surface area contributed by atoms with E-state index in [2.05, 4.69) is 25.6 Å². The number of amides is 1. The number of nitrogens with zero attached hydrogens (tertiary/aromatic N) is 4. The molecular formula is C16H14N6O2. The number of aromatic amines is 1. The number of hydrogen-bond acceptors (Lipinski definition) is 5. The number of carbonyl (C=O) groups is 1. The molecule has 1 aliphatic heterocycles. The first-order valence-electron chi connectivity index (χ1n) is 7.49. The summed E-state index contributed by atoms with van der Waals surface area (Å²) in [5.74, 6) is 0.850. The third-order valence-electron chi connectivity index (χ3n) is 4.09. The zero-order valence-corrected chi connectivity index (χ0v) is 12.9. The van der Waals surface area contributed by atoms with Crippen LogP contribution in [-0.2, 0) is 4.79 Å². The molecule has 1 amide bonds. The molecule has 0 aromatic carbocycles. The molecular weight excluding hydrogens is 308 g/mol. The van der Waals surface area contributed by atoms with E-state index < -0.39 is 0 Å². The topological polar surface area (TPSA) is 106 Å². The summed E-state index contributed by atoms with van der Waals surface area (Å²) in [7, 11) is 0. The molecule has 4 heterocycles. The summed E-state index contributed by atoms with van der Waals surface area (Å²) < 4.78 is 1.55. The highest BCUT2D eigenvalue weighted by atomic mass is 16.1. The van der Waals surface area contributed by atoms with Crippen molar-refractivity contribution < 1.29 is 4.79 Å². The number of anilines is 1. The summed E-state index contributed by atoms with van der Waals surface area (Å²) in [5.41, 5.74) is 2.47. The molecule has 0 bridgehead atoms. The van der Waals surface area contributed by atoms with Gasteiger partial charge in [0.05, 0.1) is 5.69 Å². The van der Waals surface area contributed by atoms with E-state index in [4.69, 9.17) is 0 Å². The van der Waals surface area contributed by atoms with Crippen LogP contribution < -0.4 is 10.9 Å². The maximum atomic E-state index is 12.2. The molecule has 0 spiro atoms. The van der Waals surface area contributed by atoms with Crippen molar-refractivity contribution in [1.82, 2.24) is 25.0 Å². The van der Waals surface area contributed by atoms with Crippen molar-refractivity contribution in [3.05, 3.63) is 63.8 Å². The lowest BCUT2D eigenvalue weighted by atomic mass is 9.86. The van der Waals surface area contributed by atoms with Gasteiger partial charge in [0, 0.05) is 36.4 Å². The van der Waals surface area contributed by atoms with E-state index in [1.807, 2.05) is 19.1 Å². The van der Waals surface area contributed by atoms with Crippen molar-refractivity contribution in [2.24, 2.45) is 0 Å². The average molecular weight is 322 g/mol. The second-order valence-corrected chi connectivity index (χ2v) is 5.62. The van der Waals surface area contributed by atoms with E-state index in [1.165, 1.54) is 6.07 Å². The predicted octanol–water partition coefficient (Wildman–Crippen LogP) is 1.13. The molecule has 120 valence electrons. The summed E-state index contributed by atoms with van der Waals surface area (Å²) in [6.07, 6.45) is 3.78. The van der Waals surface area contributed by atoms with Gasteiger partial charge < -0.3 is 5.32 Å². The number of H-pyrrole nitrogens is 1. The highest BCUT2D eigenvalue weighted by molar-refractivity contribution is 5.95. The fourth-order valence-corrected chi connectivity index (χ4v) is 3.05. The van der Waals surface area contributed by atoms with Crippen LogP contribution in [0.2, 0.25) is 0 Å². The number of hydrogen-bond donors (Lipinski definition) is 2. The van der Waals surface area contributed by atoms with Gasteiger partial charge in [-0.3, -0.25) is 14.6 Å². The number of pyridine rings is 1. The molecule has 2 N–H and O–H groups in total. The first-order valence-corrected chi connectivity index (χ1v) is 7.49. The summed E-state index contributed by atoms with van der Waals surface area (Å²) in [6.45, 7) is 1.90. The molecule has 0 saturated carbocycles. The Hall–Kier alpha value is -3.29. The van der Waals surface area contributed by atoms with Gasteiger partial charge in [0.15, 0.2) is 5.82 Å². The van der Waals surface area contributed by atoms with Gasteiger partial charge >= 0.3 is 0 Å². The summed E-state index contributed by atoms with van der Waals surface area (Å²) in [5, 5.41) is 13.8. The Bertz CT molecular complexity index is 955. The van der Waals surface area contributed by atoms with Gasteiger partial charge in [0.1, 0.15) is 5.82 Å². The van der Waals surface area contributed by atoms with E-state index in [1.54, 1.807) is 23.1 Å². The lowest BCUT2D eigenvalue weighted by Crippen LogP contribution is -2.25. The molecule has 1 atom stereocenters. The van der Waals surface area contributed by atoms with Crippen molar-refractivity contribution >= 4 is 11.7 Å². The summed E-state index contributed by atoms with van der Waals surface area (Å²) >= 11 is 0. The quantitative estimate of drug-likeness (QED) is 0.736. The highest BCUT2D eigenvalue weighted by Gasteiger charge is 2.32. The number of carbonyl (C=O) groups excluding carboxylic acids is 1. The van der Waals surface area contributed by atoms with Crippen LogP contribution in [0.25, 0.3) is 5.82 Å². The molecule has 3 aromatic rings. The monoisotopic (exact) mass is 322 g/mol. The van der Waals surface area contributed by atoms with E-state index in [0.29, 0.717) is 18.1 Å². The van der Waals surface area contributed by atoms with E-state index in [-0.39, 0.29) is 17.4 Å². The normalized spacial score (nSPS) is 16.5. The Morgan fingerprint density at radius 1 is 1.17 bits per heavy atom. The Morgan fingerprint density at radius 3 is 2.67 bits per heavy atom. The van der Waals surface area contributed by atoms with E-state index in [9.17, 15) is 9.59 Å². The first kappa shape index (κ1) is 14.3. The number of rotatable bonds is 2. The van der Waals surface area contributed by atoms with Crippen LogP contribution in [0.5, 0.6) is 0 Å². The number of fused-ring (bicyclic) bond motifs is 1. The minimum atomic E-state index is -0.296. The third kappa shape index (κ3) is 2.28. The average Bonchev–Trinajstić information content (AvgIpc) is 2.92. The minimum Gasteiger partial charge on any atom is -0.310 e. The number of aromatic nitrogens is 5. The largest absolute Gasteiger partial charge is 0.310 e. The van der Waals surface area contributed by atoms with E-state index >= 15 is 0 Å². The molecule has 4 rings (SSSR count). The standard InChI is InChI=1S/C16H14N6O2/c1-9-15-11(10-4-6-17-7-5-10)8-14(24)18-16(15)22(21-9)12-2-3-13(23)20-19-12/h2-7,11H,8H2,1H3,(H,18,24)(H,20,23). The zero-order chi connectivity index (χ0) is 16.7. The lowest BCUT2D eigenvalue weighted by molar-refractivity contribution is -0.116. The molecule has 0 fully saturated rings. The van der Waals surface area contributed by atoms with Crippen LogP contribution in [0.4, 0.5) is 5.82 Å². The molecule has 1 unspecified atom stereocenters. The number of aryl methyl sites for hydroxylation is 1. The maximum absolute atomic E-state index is 12.2. The first-order chi connectivity index (χ1) is 11.6. The zero-order valence-electron chi connectivity index (χ0n) is 12.9. The smallest absolute Gasteiger partial charge is 0.264 e. The molecule has 0 aliphatic carbocycles. The van der Waals surface area contributed by atoms with Crippen LogP contribution in [0.15, 0.2) is 41.5 Å². The van der Waals surface area contributed by atoms with Crippen molar-refractivity contribution in [2.45, 2.75) is 19.3 Å². The fraction of sp³-hybridized carbons (Fsp3) is 0.188. The van der Waals surface area contributed by atoms with Crippen molar-refractivity contribution in [1.29, 1.82) is 0 Å². The number of nitrogens with one attached hydrogen (secondary N) is 2. The van der Waals surface area contributed by atoms with Crippen LogP contribution >= 0.6 is 0 Å². The van der Waals surface area contributed by atoms with Crippen LogP contribution in [0.3, 0.4) is 0 Å². The SMILES string of the molecule is Cc1nn(-c2ccc(=O)[nH]n2)c2c1C(c1ccncc1)CC(=O)N2. The van der Waals surface area contributed by atoms with Crippen molar-refractivity contribution in [3.8, 4) is 5.82 Å². The van der Waals surface area contributed by atoms with Crippen molar-refractivity contribution in [2.75, 3.05) is 5.32 Å². The fourth-order valence-electron chi connectivity index (χ4n) is 3.05. The Morgan fingerprint density at radius 2 is 1.96 bits per heavy atom. The second-order valence-electron chi connectivity index (χ2n) is 5.62. The Balaban J connectivity index is 1.89. The molecule has 24 heavy (non-hydrogen) atoms. The van der Waals surface area contributed by atoms with Gasteiger partial charge in [-0.05, 0) is 30.7 Å². The maximum Gasteiger partial charge on any atom is 0.264 e. The third-order valence-corrected chi connectivity index (χ3v) is 4.09. The highest BCUT2D eigenvalue weighted by Crippen LogP contribution is 2.39. The van der Waals surface area contributed by atoms with Crippen LogP contribution in [0.1, 0.15) is 29.2 Å².